The van der Waals surface area contributed by atoms with Gasteiger partial charge in [0.2, 0.25) is 5.91 Å². The fourth-order valence-corrected chi connectivity index (χ4v) is 2.92. The molecule has 2 atom stereocenters. The average Bonchev–Trinajstić information content (AvgIpc) is 2.77. The van der Waals surface area contributed by atoms with Gasteiger partial charge < -0.3 is 20.1 Å². The number of esters is 1. The maximum absolute atomic E-state index is 13.0. The van der Waals surface area contributed by atoms with Crippen LogP contribution in [0.15, 0.2) is 72.8 Å². The van der Waals surface area contributed by atoms with Crippen molar-refractivity contribution in [1.82, 2.24) is 10.6 Å². The molecule has 7 heteroatoms. The molecule has 0 spiro atoms. The lowest BCUT2D eigenvalue weighted by Gasteiger charge is -2.22. The molecule has 0 bridgehead atoms. The average molecular weight is 424 g/mol. The topological polar surface area (TPSA) is 93.7 Å². The lowest BCUT2D eigenvalue weighted by molar-refractivity contribution is -0.145. The van der Waals surface area contributed by atoms with E-state index in [1.54, 1.807) is 6.92 Å². The van der Waals surface area contributed by atoms with Crippen LogP contribution in [-0.4, -0.2) is 37.2 Å². The van der Waals surface area contributed by atoms with E-state index in [0.29, 0.717) is 5.57 Å². The van der Waals surface area contributed by atoms with Crippen molar-refractivity contribution in [3.8, 4) is 0 Å². The molecule has 164 valence electrons. The first kappa shape index (κ1) is 23.7. The molecule has 2 aromatic carbocycles. The summed E-state index contributed by atoms with van der Waals surface area (Å²) in [5.74, 6) is -1.10. The zero-order valence-electron chi connectivity index (χ0n) is 17.8. The SMILES string of the molecule is C=C(C)C[C@H](NC(=O)[C@H](Cc1ccccc1)NC(=O)OCc1ccccc1)C(=O)OC. The Bertz CT molecular complexity index is 883. The molecular formula is C24H28N2O5. The molecule has 0 aliphatic carbocycles. The van der Waals surface area contributed by atoms with Crippen molar-refractivity contribution in [2.24, 2.45) is 0 Å². The number of alkyl carbamates (subject to hydrolysis) is 1. The van der Waals surface area contributed by atoms with Crippen LogP contribution in [0.5, 0.6) is 0 Å². The second-order valence-electron chi connectivity index (χ2n) is 7.19. The number of hydrogen-bond acceptors (Lipinski definition) is 5. The highest BCUT2D eigenvalue weighted by atomic mass is 16.5. The molecule has 2 aromatic rings. The summed E-state index contributed by atoms with van der Waals surface area (Å²) in [5.41, 5.74) is 2.39. The Kier molecular flexibility index (Phi) is 9.29. The monoisotopic (exact) mass is 424 g/mol. The minimum absolute atomic E-state index is 0.0762. The fraction of sp³-hybridized carbons (Fsp3) is 0.292. The smallest absolute Gasteiger partial charge is 0.408 e. The molecule has 0 aliphatic heterocycles. The van der Waals surface area contributed by atoms with E-state index in [1.807, 2.05) is 60.7 Å². The maximum Gasteiger partial charge on any atom is 0.408 e. The highest BCUT2D eigenvalue weighted by Crippen LogP contribution is 2.08. The second kappa shape index (κ2) is 12.2. The first-order valence-corrected chi connectivity index (χ1v) is 9.92. The van der Waals surface area contributed by atoms with Gasteiger partial charge in [-0.1, -0.05) is 66.2 Å². The van der Waals surface area contributed by atoms with Gasteiger partial charge >= 0.3 is 12.1 Å². The van der Waals surface area contributed by atoms with E-state index >= 15 is 0 Å². The fourth-order valence-electron chi connectivity index (χ4n) is 2.92. The van der Waals surface area contributed by atoms with Crippen LogP contribution >= 0.6 is 0 Å². The third-order valence-electron chi connectivity index (χ3n) is 4.46. The minimum Gasteiger partial charge on any atom is -0.467 e. The van der Waals surface area contributed by atoms with Gasteiger partial charge in [0.1, 0.15) is 18.7 Å². The Balaban J connectivity index is 2.08. The third kappa shape index (κ3) is 8.34. The number of nitrogens with one attached hydrogen (secondary N) is 2. The molecule has 7 nitrogen and oxygen atoms in total. The van der Waals surface area contributed by atoms with Crippen LogP contribution in [0.1, 0.15) is 24.5 Å². The van der Waals surface area contributed by atoms with Gasteiger partial charge in [-0.3, -0.25) is 4.79 Å². The Hall–Kier alpha value is -3.61. The molecule has 2 rings (SSSR count). The van der Waals surface area contributed by atoms with Crippen LogP contribution in [0.2, 0.25) is 0 Å². The number of benzene rings is 2. The molecule has 0 saturated heterocycles. The Morgan fingerprint density at radius 3 is 2.03 bits per heavy atom. The summed E-state index contributed by atoms with van der Waals surface area (Å²) in [6, 6.07) is 16.6. The van der Waals surface area contributed by atoms with Gasteiger partial charge in [-0.25, -0.2) is 9.59 Å². The van der Waals surface area contributed by atoms with E-state index in [0.717, 1.165) is 11.1 Å². The lowest BCUT2D eigenvalue weighted by Crippen LogP contribution is -2.52. The van der Waals surface area contributed by atoms with Crippen LogP contribution in [-0.2, 0) is 32.1 Å². The summed E-state index contributed by atoms with van der Waals surface area (Å²) in [4.78, 5) is 37.4. The summed E-state index contributed by atoms with van der Waals surface area (Å²) >= 11 is 0. The standard InChI is InChI=1S/C24H28N2O5/c1-17(2)14-21(23(28)30-3)25-22(27)20(15-18-10-6-4-7-11-18)26-24(29)31-16-19-12-8-5-9-13-19/h4-13,20-21H,1,14-16H2,2-3H3,(H,25,27)(H,26,29)/t20-,21-/m0/s1. The predicted molar refractivity (Wildman–Crippen MR) is 117 cm³/mol. The van der Waals surface area contributed by atoms with Gasteiger partial charge in [0.05, 0.1) is 7.11 Å². The number of hydrogen-bond donors (Lipinski definition) is 2. The molecule has 0 fully saturated rings. The van der Waals surface area contributed by atoms with Crippen molar-refractivity contribution in [2.75, 3.05) is 7.11 Å². The summed E-state index contributed by atoms with van der Waals surface area (Å²) in [6.45, 7) is 5.61. The quantitative estimate of drug-likeness (QED) is 0.451. The van der Waals surface area contributed by atoms with E-state index in [4.69, 9.17) is 9.47 Å². The zero-order valence-corrected chi connectivity index (χ0v) is 17.8. The van der Waals surface area contributed by atoms with Crippen molar-refractivity contribution in [3.05, 3.63) is 83.9 Å². The van der Waals surface area contributed by atoms with E-state index in [1.165, 1.54) is 7.11 Å². The van der Waals surface area contributed by atoms with E-state index in [9.17, 15) is 14.4 Å². The highest BCUT2D eigenvalue weighted by molar-refractivity contribution is 5.90. The molecule has 0 saturated carbocycles. The molecule has 2 amide bonds. The van der Waals surface area contributed by atoms with Gasteiger partial charge in [0.15, 0.2) is 0 Å². The van der Waals surface area contributed by atoms with Crippen LogP contribution in [0, 0.1) is 0 Å². The van der Waals surface area contributed by atoms with Crippen molar-refractivity contribution in [3.63, 3.8) is 0 Å². The van der Waals surface area contributed by atoms with E-state index < -0.39 is 30.1 Å². The predicted octanol–water partition coefficient (Wildman–Crippen LogP) is 3.15. The largest absolute Gasteiger partial charge is 0.467 e. The summed E-state index contributed by atoms with van der Waals surface area (Å²) in [7, 11) is 1.25. The lowest BCUT2D eigenvalue weighted by atomic mass is 10.0. The maximum atomic E-state index is 13.0. The van der Waals surface area contributed by atoms with Gasteiger partial charge in [-0.2, -0.15) is 0 Å². The van der Waals surface area contributed by atoms with Crippen LogP contribution in [0.3, 0.4) is 0 Å². The van der Waals surface area contributed by atoms with E-state index in [-0.39, 0.29) is 19.4 Å². The number of amides is 2. The molecular weight excluding hydrogens is 396 g/mol. The Morgan fingerprint density at radius 1 is 0.903 bits per heavy atom. The number of methoxy groups -OCH3 is 1. The number of carbonyl (C=O) groups is 3. The van der Waals surface area contributed by atoms with Crippen molar-refractivity contribution in [2.45, 2.75) is 38.5 Å². The molecule has 2 N–H and O–H groups in total. The number of ether oxygens (including phenoxy) is 2. The third-order valence-corrected chi connectivity index (χ3v) is 4.46. The van der Waals surface area contributed by atoms with E-state index in [2.05, 4.69) is 17.2 Å². The first-order chi connectivity index (χ1) is 14.9. The Labute approximate surface area is 182 Å². The van der Waals surface area contributed by atoms with Gasteiger partial charge in [-0.05, 0) is 24.5 Å². The first-order valence-electron chi connectivity index (χ1n) is 9.92. The summed E-state index contributed by atoms with van der Waals surface area (Å²) < 4.78 is 10.0. The molecule has 0 aliphatic rings. The summed E-state index contributed by atoms with van der Waals surface area (Å²) in [5, 5.41) is 5.26. The highest BCUT2D eigenvalue weighted by Gasteiger charge is 2.28. The second-order valence-corrected chi connectivity index (χ2v) is 7.19. The normalized spacial score (nSPS) is 12.2. The van der Waals surface area contributed by atoms with Crippen LogP contribution < -0.4 is 10.6 Å². The molecule has 0 unspecified atom stereocenters. The minimum atomic E-state index is -0.942. The van der Waals surface area contributed by atoms with Crippen molar-refractivity contribution < 1.29 is 23.9 Å². The van der Waals surface area contributed by atoms with Gasteiger partial charge in [0.25, 0.3) is 0 Å². The van der Waals surface area contributed by atoms with Crippen molar-refractivity contribution >= 4 is 18.0 Å². The van der Waals surface area contributed by atoms with Crippen LogP contribution in [0.4, 0.5) is 4.79 Å². The van der Waals surface area contributed by atoms with Crippen molar-refractivity contribution in [1.29, 1.82) is 0 Å². The number of rotatable bonds is 10. The number of carbonyl (C=O) groups excluding carboxylic acids is 3. The molecule has 0 heterocycles. The zero-order chi connectivity index (χ0) is 22.6. The molecule has 0 aromatic heterocycles. The Morgan fingerprint density at radius 2 is 1.48 bits per heavy atom. The van der Waals surface area contributed by atoms with Gasteiger partial charge in [0, 0.05) is 6.42 Å². The molecule has 31 heavy (non-hydrogen) atoms. The molecule has 0 radical (unpaired) electrons. The van der Waals surface area contributed by atoms with Crippen LogP contribution in [0.25, 0.3) is 0 Å². The summed E-state index contributed by atoms with van der Waals surface area (Å²) in [6.07, 6.45) is -0.266. The van der Waals surface area contributed by atoms with Gasteiger partial charge in [-0.15, -0.1) is 6.58 Å².